The van der Waals surface area contributed by atoms with Crippen LogP contribution in [0.15, 0.2) is 41.8 Å². The Morgan fingerprint density at radius 1 is 1.40 bits per heavy atom. The molecule has 0 fully saturated rings. The normalized spacial score (nSPS) is 9.85. The van der Waals surface area contributed by atoms with Crippen molar-refractivity contribution in [2.75, 3.05) is 5.75 Å². The van der Waals surface area contributed by atoms with Gasteiger partial charge in [0.25, 0.3) is 5.69 Å². The SMILES string of the molecule is Cn1ccnc1SCC(=O)c1ccc([N+](=O)[O-])cc1.[Br-]. The van der Waals surface area contributed by atoms with E-state index in [9.17, 15) is 14.9 Å². The Hall–Kier alpha value is -1.67. The van der Waals surface area contributed by atoms with Crippen LogP contribution in [0.3, 0.4) is 0 Å². The maximum atomic E-state index is 11.9. The van der Waals surface area contributed by atoms with E-state index in [-0.39, 0.29) is 34.2 Å². The van der Waals surface area contributed by atoms with Crippen molar-refractivity contribution in [3.8, 4) is 0 Å². The fourth-order valence-corrected chi connectivity index (χ4v) is 2.30. The number of carbonyl (C=O) groups is 1. The third-order valence-corrected chi connectivity index (χ3v) is 3.57. The van der Waals surface area contributed by atoms with Crippen LogP contribution in [0, 0.1) is 10.1 Å². The zero-order valence-electron chi connectivity index (χ0n) is 10.5. The molecular weight excluding hydrogens is 346 g/mol. The quantitative estimate of drug-likeness (QED) is 0.306. The van der Waals surface area contributed by atoms with E-state index >= 15 is 0 Å². The van der Waals surface area contributed by atoms with Crippen LogP contribution in [0.5, 0.6) is 0 Å². The maximum Gasteiger partial charge on any atom is 0.269 e. The van der Waals surface area contributed by atoms with Crippen LogP contribution in [0.25, 0.3) is 0 Å². The monoisotopic (exact) mass is 356 g/mol. The predicted molar refractivity (Wildman–Crippen MR) is 71.4 cm³/mol. The Morgan fingerprint density at radius 3 is 2.55 bits per heavy atom. The molecule has 2 aromatic rings. The molecule has 8 heteroatoms. The van der Waals surface area contributed by atoms with Gasteiger partial charge >= 0.3 is 0 Å². The predicted octanol–water partition coefficient (Wildman–Crippen LogP) is -0.693. The first-order chi connectivity index (χ1) is 9.08. The molecule has 2 rings (SSSR count). The molecular formula is C12H11BrN3O3S-. The van der Waals surface area contributed by atoms with Crippen molar-refractivity contribution in [1.82, 2.24) is 9.55 Å². The lowest BCUT2D eigenvalue weighted by atomic mass is 10.1. The fourth-order valence-electron chi connectivity index (χ4n) is 1.47. The second-order valence-electron chi connectivity index (χ2n) is 3.84. The van der Waals surface area contributed by atoms with Crippen molar-refractivity contribution in [3.63, 3.8) is 0 Å². The molecule has 0 unspecified atom stereocenters. The summed E-state index contributed by atoms with van der Waals surface area (Å²) in [5.74, 6) is 0.172. The standard InChI is InChI=1S/C12H11N3O3S.BrH/c1-14-7-6-13-12(14)19-8-11(16)9-2-4-10(5-3-9)15(17)18;/h2-7H,8H2,1H3;1H/p-1. The van der Waals surface area contributed by atoms with Gasteiger partial charge in [-0.15, -0.1) is 0 Å². The van der Waals surface area contributed by atoms with Gasteiger partial charge in [-0.2, -0.15) is 0 Å². The van der Waals surface area contributed by atoms with E-state index in [1.807, 2.05) is 11.6 Å². The molecule has 0 amide bonds. The lowest BCUT2D eigenvalue weighted by Crippen LogP contribution is -3.00. The summed E-state index contributed by atoms with van der Waals surface area (Å²) in [6.07, 6.45) is 3.47. The van der Waals surface area contributed by atoms with Crippen LogP contribution in [0.1, 0.15) is 10.4 Å². The van der Waals surface area contributed by atoms with Gasteiger partial charge in [0.05, 0.1) is 10.7 Å². The molecule has 1 aromatic heterocycles. The number of ketones is 1. The van der Waals surface area contributed by atoms with Gasteiger partial charge in [0.1, 0.15) is 0 Å². The molecule has 0 radical (unpaired) electrons. The first kappa shape index (κ1) is 16.4. The van der Waals surface area contributed by atoms with Crippen molar-refractivity contribution >= 4 is 23.2 Å². The lowest BCUT2D eigenvalue weighted by molar-refractivity contribution is -0.384. The summed E-state index contributed by atoms with van der Waals surface area (Å²) < 4.78 is 1.83. The van der Waals surface area contributed by atoms with Gasteiger partial charge in [-0.1, -0.05) is 11.8 Å². The van der Waals surface area contributed by atoms with E-state index < -0.39 is 4.92 Å². The van der Waals surface area contributed by atoms with Gasteiger partial charge in [-0.25, -0.2) is 4.98 Å². The highest BCUT2D eigenvalue weighted by Gasteiger charge is 2.11. The van der Waals surface area contributed by atoms with Crippen LogP contribution in [0.4, 0.5) is 5.69 Å². The number of hydrogen-bond acceptors (Lipinski definition) is 5. The number of carbonyl (C=O) groups excluding carboxylic acids is 1. The van der Waals surface area contributed by atoms with Crippen molar-refractivity contribution in [3.05, 3.63) is 52.3 Å². The summed E-state index contributed by atoms with van der Waals surface area (Å²) in [5.41, 5.74) is 0.445. The molecule has 0 aliphatic heterocycles. The molecule has 1 heterocycles. The Balaban J connectivity index is 0.00000200. The number of aryl methyl sites for hydroxylation is 1. The van der Waals surface area contributed by atoms with Crippen molar-refractivity contribution < 1.29 is 26.7 Å². The van der Waals surface area contributed by atoms with E-state index in [0.717, 1.165) is 5.16 Å². The average molecular weight is 357 g/mol. The van der Waals surface area contributed by atoms with Crippen LogP contribution < -0.4 is 17.0 Å². The first-order valence-corrected chi connectivity index (χ1v) is 6.44. The average Bonchev–Trinajstić information content (AvgIpc) is 2.81. The van der Waals surface area contributed by atoms with E-state index in [1.54, 1.807) is 12.4 Å². The smallest absolute Gasteiger partial charge is 0.269 e. The Morgan fingerprint density at radius 2 is 2.05 bits per heavy atom. The lowest BCUT2D eigenvalue weighted by Gasteiger charge is -2.01. The number of benzene rings is 1. The van der Waals surface area contributed by atoms with Gasteiger partial charge in [0, 0.05) is 37.1 Å². The molecule has 106 valence electrons. The summed E-state index contributed by atoms with van der Waals surface area (Å²) in [6.45, 7) is 0. The number of hydrogen-bond donors (Lipinski definition) is 0. The largest absolute Gasteiger partial charge is 1.00 e. The number of non-ortho nitro benzene ring substituents is 1. The van der Waals surface area contributed by atoms with Crippen molar-refractivity contribution in [2.45, 2.75) is 5.16 Å². The Bertz CT molecular complexity index is 613. The third kappa shape index (κ3) is 3.91. The topological polar surface area (TPSA) is 78.0 Å². The van der Waals surface area contributed by atoms with E-state index in [1.165, 1.54) is 36.0 Å². The number of halogens is 1. The van der Waals surface area contributed by atoms with Crippen molar-refractivity contribution in [2.24, 2.45) is 7.05 Å². The molecule has 1 aromatic carbocycles. The van der Waals surface area contributed by atoms with Crippen LogP contribution in [0.2, 0.25) is 0 Å². The van der Waals surface area contributed by atoms with E-state index in [4.69, 9.17) is 0 Å². The highest BCUT2D eigenvalue weighted by molar-refractivity contribution is 7.99. The summed E-state index contributed by atoms with van der Waals surface area (Å²) in [7, 11) is 1.85. The van der Waals surface area contributed by atoms with Crippen molar-refractivity contribution in [1.29, 1.82) is 0 Å². The molecule has 0 atom stereocenters. The Kier molecular flexibility index (Phi) is 5.90. The second kappa shape index (κ2) is 7.20. The van der Waals surface area contributed by atoms with E-state index in [0.29, 0.717) is 5.56 Å². The number of thioether (sulfide) groups is 1. The van der Waals surface area contributed by atoms with Crippen LogP contribution in [-0.2, 0) is 7.05 Å². The number of nitro groups is 1. The van der Waals surface area contributed by atoms with Gasteiger partial charge in [0.15, 0.2) is 10.9 Å². The number of nitro benzene ring substituents is 1. The molecule has 0 saturated heterocycles. The van der Waals surface area contributed by atoms with Gasteiger partial charge in [-0.05, 0) is 12.1 Å². The molecule has 0 aliphatic rings. The number of Topliss-reactive ketones (excluding diaryl/α,β-unsaturated/α-hetero) is 1. The minimum atomic E-state index is -0.489. The molecule has 0 N–H and O–H groups in total. The third-order valence-electron chi connectivity index (χ3n) is 2.51. The zero-order valence-corrected chi connectivity index (χ0v) is 12.9. The van der Waals surface area contributed by atoms with Crippen LogP contribution in [-0.4, -0.2) is 26.0 Å². The first-order valence-electron chi connectivity index (χ1n) is 5.45. The Labute approximate surface area is 130 Å². The highest BCUT2D eigenvalue weighted by atomic mass is 79.9. The second-order valence-corrected chi connectivity index (χ2v) is 4.78. The van der Waals surface area contributed by atoms with Gasteiger partial charge < -0.3 is 21.5 Å². The number of rotatable bonds is 5. The molecule has 0 saturated carbocycles. The fraction of sp³-hybridized carbons (Fsp3) is 0.167. The molecule has 0 aliphatic carbocycles. The summed E-state index contributed by atoms with van der Waals surface area (Å²) in [5, 5.41) is 11.3. The molecule has 0 bridgehead atoms. The summed E-state index contributed by atoms with van der Waals surface area (Å²) in [6, 6.07) is 5.61. The summed E-state index contributed by atoms with van der Waals surface area (Å²) >= 11 is 1.34. The van der Waals surface area contributed by atoms with E-state index in [2.05, 4.69) is 4.98 Å². The minimum absolute atomic E-state index is 0. The van der Waals surface area contributed by atoms with Crippen LogP contribution >= 0.6 is 11.8 Å². The zero-order chi connectivity index (χ0) is 13.8. The van der Waals surface area contributed by atoms with Gasteiger partial charge in [0.2, 0.25) is 0 Å². The number of imidazole rings is 1. The molecule has 20 heavy (non-hydrogen) atoms. The number of aromatic nitrogens is 2. The van der Waals surface area contributed by atoms with Gasteiger partial charge in [-0.3, -0.25) is 14.9 Å². The molecule has 0 spiro atoms. The minimum Gasteiger partial charge on any atom is -1.00 e. The number of nitrogens with zero attached hydrogens (tertiary/aromatic N) is 3. The molecule has 6 nitrogen and oxygen atoms in total. The highest BCUT2D eigenvalue weighted by Crippen LogP contribution is 2.18. The summed E-state index contributed by atoms with van der Waals surface area (Å²) in [4.78, 5) is 26.0. The maximum absolute atomic E-state index is 11.9.